The maximum absolute atomic E-state index is 6.03. The van der Waals surface area contributed by atoms with Crippen molar-refractivity contribution in [1.82, 2.24) is 15.5 Å². The second-order valence-corrected chi connectivity index (χ2v) is 7.89. The summed E-state index contributed by atoms with van der Waals surface area (Å²) in [6, 6.07) is 16.6. The molecular formula is C25H33IN4O3. The van der Waals surface area contributed by atoms with Crippen LogP contribution in [0.25, 0.3) is 11.0 Å². The van der Waals surface area contributed by atoms with Gasteiger partial charge in [-0.1, -0.05) is 30.3 Å². The first-order chi connectivity index (χ1) is 15.7. The van der Waals surface area contributed by atoms with Crippen molar-refractivity contribution >= 4 is 40.9 Å². The number of aliphatic imine (C=N–C) groups is 1. The van der Waals surface area contributed by atoms with Crippen LogP contribution in [0.3, 0.4) is 0 Å². The number of hydrogen-bond donors (Lipinski definition) is 2. The number of furan rings is 1. The summed E-state index contributed by atoms with van der Waals surface area (Å²) in [5, 5.41) is 8.05. The standard InChI is InChI=1S/C25H32N4O3.HI/c1-18-21-6-4-5-7-23(21)32-24(18)17-28-25(26-2)27-16-22(29-12-14-31-15-13-29)19-8-10-20(30-3)11-9-19;/h4-11,22H,12-17H2,1-3H3,(H2,26,27,28);1H. The molecule has 3 aromatic rings. The largest absolute Gasteiger partial charge is 0.497 e. The Balaban J connectivity index is 0.00000306. The Kier molecular flexibility index (Phi) is 9.40. The van der Waals surface area contributed by atoms with Crippen molar-refractivity contribution < 1.29 is 13.9 Å². The molecule has 1 fully saturated rings. The van der Waals surface area contributed by atoms with E-state index in [9.17, 15) is 0 Å². The van der Waals surface area contributed by atoms with Gasteiger partial charge in [0.25, 0.3) is 0 Å². The molecule has 7 nitrogen and oxygen atoms in total. The van der Waals surface area contributed by atoms with Gasteiger partial charge in [-0.3, -0.25) is 9.89 Å². The van der Waals surface area contributed by atoms with Gasteiger partial charge < -0.3 is 24.5 Å². The van der Waals surface area contributed by atoms with Gasteiger partial charge in [-0.15, -0.1) is 24.0 Å². The SMILES string of the molecule is CN=C(NCc1oc2ccccc2c1C)NCC(c1ccc(OC)cc1)N1CCOCC1.I. The lowest BCUT2D eigenvalue weighted by Crippen LogP contribution is -2.46. The van der Waals surface area contributed by atoms with Crippen molar-refractivity contribution in [3.05, 3.63) is 65.4 Å². The molecule has 178 valence electrons. The first-order valence-electron chi connectivity index (χ1n) is 11.1. The molecule has 1 aromatic heterocycles. The lowest BCUT2D eigenvalue weighted by molar-refractivity contribution is 0.0170. The number of halogens is 1. The van der Waals surface area contributed by atoms with E-state index in [1.807, 2.05) is 30.3 Å². The van der Waals surface area contributed by atoms with Crippen LogP contribution >= 0.6 is 24.0 Å². The molecule has 0 aliphatic carbocycles. The fraction of sp³-hybridized carbons (Fsp3) is 0.400. The summed E-state index contributed by atoms with van der Waals surface area (Å²) >= 11 is 0. The average Bonchev–Trinajstić information content (AvgIpc) is 3.17. The Bertz CT molecular complexity index is 1050. The molecule has 0 radical (unpaired) electrons. The smallest absolute Gasteiger partial charge is 0.191 e. The molecule has 8 heteroatoms. The van der Waals surface area contributed by atoms with Gasteiger partial charge in [0.1, 0.15) is 17.1 Å². The number of para-hydroxylation sites is 1. The third-order valence-electron chi connectivity index (χ3n) is 6.03. The minimum atomic E-state index is 0. The molecule has 1 aliphatic rings. The minimum Gasteiger partial charge on any atom is -0.497 e. The predicted molar refractivity (Wildman–Crippen MR) is 143 cm³/mol. The summed E-state index contributed by atoms with van der Waals surface area (Å²) < 4.78 is 16.9. The van der Waals surface area contributed by atoms with Crippen LogP contribution < -0.4 is 15.4 Å². The van der Waals surface area contributed by atoms with E-state index in [2.05, 4.69) is 45.6 Å². The van der Waals surface area contributed by atoms with E-state index in [1.165, 1.54) is 5.56 Å². The highest BCUT2D eigenvalue weighted by Crippen LogP contribution is 2.25. The molecular weight excluding hydrogens is 531 g/mol. The van der Waals surface area contributed by atoms with E-state index >= 15 is 0 Å². The predicted octanol–water partition coefficient (Wildman–Crippen LogP) is 4.11. The Morgan fingerprint density at radius 2 is 1.82 bits per heavy atom. The van der Waals surface area contributed by atoms with E-state index in [0.29, 0.717) is 6.54 Å². The molecule has 0 amide bonds. The van der Waals surface area contributed by atoms with Gasteiger partial charge in [0.2, 0.25) is 0 Å². The van der Waals surface area contributed by atoms with E-state index in [1.54, 1.807) is 14.2 Å². The van der Waals surface area contributed by atoms with Gasteiger partial charge in [0, 0.05) is 37.6 Å². The molecule has 1 atom stereocenters. The number of nitrogens with zero attached hydrogens (tertiary/aromatic N) is 2. The maximum Gasteiger partial charge on any atom is 0.191 e. The van der Waals surface area contributed by atoms with Crippen LogP contribution in [0.4, 0.5) is 0 Å². The van der Waals surface area contributed by atoms with Crippen molar-refractivity contribution in [2.75, 3.05) is 47.0 Å². The van der Waals surface area contributed by atoms with Crippen molar-refractivity contribution in [3.63, 3.8) is 0 Å². The van der Waals surface area contributed by atoms with Crippen molar-refractivity contribution in [3.8, 4) is 5.75 Å². The van der Waals surface area contributed by atoms with Crippen LogP contribution in [0.5, 0.6) is 5.75 Å². The van der Waals surface area contributed by atoms with Crippen LogP contribution in [0.2, 0.25) is 0 Å². The molecule has 2 heterocycles. The van der Waals surface area contributed by atoms with E-state index < -0.39 is 0 Å². The summed E-state index contributed by atoms with van der Waals surface area (Å²) in [5.74, 6) is 2.53. The molecule has 4 rings (SSSR count). The number of hydrogen-bond acceptors (Lipinski definition) is 5. The second kappa shape index (κ2) is 12.2. The summed E-state index contributed by atoms with van der Waals surface area (Å²) in [6.07, 6.45) is 0. The molecule has 0 saturated carbocycles. The number of morpholine rings is 1. The van der Waals surface area contributed by atoms with Crippen LogP contribution in [-0.4, -0.2) is 57.9 Å². The molecule has 33 heavy (non-hydrogen) atoms. The van der Waals surface area contributed by atoms with Crippen LogP contribution in [0, 0.1) is 6.92 Å². The number of nitrogens with one attached hydrogen (secondary N) is 2. The molecule has 1 saturated heterocycles. The number of benzene rings is 2. The molecule has 1 aliphatic heterocycles. The van der Waals surface area contributed by atoms with Gasteiger partial charge in [-0.25, -0.2) is 0 Å². The van der Waals surface area contributed by atoms with E-state index in [-0.39, 0.29) is 30.0 Å². The van der Waals surface area contributed by atoms with Crippen molar-refractivity contribution in [2.45, 2.75) is 19.5 Å². The first-order valence-corrected chi connectivity index (χ1v) is 11.1. The molecule has 2 aromatic carbocycles. The summed E-state index contributed by atoms with van der Waals surface area (Å²) in [6.45, 7) is 6.72. The monoisotopic (exact) mass is 564 g/mol. The summed E-state index contributed by atoms with van der Waals surface area (Å²) in [5.41, 5.74) is 3.31. The zero-order valence-electron chi connectivity index (χ0n) is 19.5. The highest BCUT2D eigenvalue weighted by Gasteiger charge is 2.23. The fourth-order valence-corrected chi connectivity index (χ4v) is 4.14. The Hall–Kier alpha value is -2.30. The Morgan fingerprint density at radius 1 is 1.09 bits per heavy atom. The highest BCUT2D eigenvalue weighted by atomic mass is 127. The highest BCUT2D eigenvalue weighted by molar-refractivity contribution is 14.0. The lowest BCUT2D eigenvalue weighted by Gasteiger charge is -2.35. The lowest BCUT2D eigenvalue weighted by atomic mass is 10.0. The maximum atomic E-state index is 6.03. The van der Waals surface area contributed by atoms with Gasteiger partial charge in [0.05, 0.1) is 32.9 Å². The quantitative estimate of drug-likeness (QED) is 0.256. The van der Waals surface area contributed by atoms with Gasteiger partial charge in [-0.05, 0) is 30.7 Å². The third kappa shape index (κ3) is 6.18. The van der Waals surface area contributed by atoms with Crippen LogP contribution in [0.1, 0.15) is 22.9 Å². The number of methoxy groups -OCH3 is 1. The molecule has 0 spiro atoms. The topological polar surface area (TPSA) is 71.3 Å². The minimum absolute atomic E-state index is 0. The Labute approximate surface area is 212 Å². The van der Waals surface area contributed by atoms with Crippen LogP contribution in [0.15, 0.2) is 57.9 Å². The van der Waals surface area contributed by atoms with Gasteiger partial charge in [0.15, 0.2) is 5.96 Å². The first kappa shape index (κ1) is 25.3. The average molecular weight is 564 g/mol. The van der Waals surface area contributed by atoms with Gasteiger partial charge in [-0.2, -0.15) is 0 Å². The van der Waals surface area contributed by atoms with E-state index in [0.717, 1.165) is 66.9 Å². The normalized spacial score (nSPS) is 15.7. The van der Waals surface area contributed by atoms with Crippen LogP contribution in [-0.2, 0) is 11.3 Å². The van der Waals surface area contributed by atoms with Gasteiger partial charge >= 0.3 is 0 Å². The third-order valence-corrected chi connectivity index (χ3v) is 6.03. The zero-order valence-corrected chi connectivity index (χ0v) is 21.8. The second-order valence-electron chi connectivity index (χ2n) is 7.89. The molecule has 1 unspecified atom stereocenters. The molecule has 2 N–H and O–H groups in total. The number of ether oxygens (including phenoxy) is 2. The zero-order chi connectivity index (χ0) is 22.3. The van der Waals surface area contributed by atoms with Crippen molar-refractivity contribution in [1.29, 1.82) is 0 Å². The summed E-state index contributed by atoms with van der Waals surface area (Å²) in [7, 11) is 3.48. The summed E-state index contributed by atoms with van der Waals surface area (Å²) in [4.78, 5) is 6.87. The Morgan fingerprint density at radius 3 is 2.48 bits per heavy atom. The number of rotatable bonds is 7. The molecule has 0 bridgehead atoms. The fourth-order valence-electron chi connectivity index (χ4n) is 4.14. The number of guanidine groups is 1. The number of aryl methyl sites for hydroxylation is 1. The van der Waals surface area contributed by atoms with Crippen molar-refractivity contribution in [2.24, 2.45) is 4.99 Å². The van der Waals surface area contributed by atoms with E-state index in [4.69, 9.17) is 13.9 Å². The number of fused-ring (bicyclic) bond motifs is 1.